The number of hydrogen-bond acceptors (Lipinski definition) is 2. The molecule has 1 N–H and O–H groups in total. The topological polar surface area (TPSA) is 15.3 Å². The van der Waals surface area contributed by atoms with Gasteiger partial charge in [-0.05, 0) is 57.7 Å². The number of nitrogens with zero attached hydrogens (tertiary/aromatic N) is 1. The lowest BCUT2D eigenvalue weighted by Gasteiger charge is -2.36. The summed E-state index contributed by atoms with van der Waals surface area (Å²) in [6.45, 7) is 9.86. The van der Waals surface area contributed by atoms with Gasteiger partial charge in [-0.2, -0.15) is 0 Å². The Bertz CT molecular complexity index is 199. The van der Waals surface area contributed by atoms with Crippen molar-refractivity contribution < 1.29 is 0 Å². The van der Waals surface area contributed by atoms with Crippen LogP contribution >= 0.6 is 0 Å². The molecular weight excluding hydrogens is 196 g/mol. The second-order valence-electron chi connectivity index (χ2n) is 5.94. The lowest BCUT2D eigenvalue weighted by molar-refractivity contribution is 0.125. The third-order valence-corrected chi connectivity index (χ3v) is 4.50. The molecular formula is C14H28N2. The zero-order valence-corrected chi connectivity index (χ0v) is 11.0. The van der Waals surface area contributed by atoms with Crippen molar-refractivity contribution in [3.63, 3.8) is 0 Å². The summed E-state index contributed by atoms with van der Waals surface area (Å²) in [6, 6.07) is 0.822. The molecule has 0 aromatic rings. The van der Waals surface area contributed by atoms with Gasteiger partial charge in [-0.25, -0.2) is 0 Å². The Hall–Kier alpha value is -0.0800. The van der Waals surface area contributed by atoms with Gasteiger partial charge in [-0.1, -0.05) is 19.8 Å². The molecule has 94 valence electrons. The fourth-order valence-electron chi connectivity index (χ4n) is 3.42. The minimum absolute atomic E-state index is 0.809. The molecule has 0 radical (unpaired) electrons. The molecule has 2 rings (SSSR count). The molecule has 0 amide bonds. The number of nitrogens with one attached hydrogen (secondary N) is 1. The summed E-state index contributed by atoms with van der Waals surface area (Å²) < 4.78 is 0. The Labute approximate surface area is 101 Å². The highest BCUT2D eigenvalue weighted by Gasteiger charge is 2.27. The lowest BCUT2D eigenvalue weighted by Crippen LogP contribution is -2.45. The number of hydrogen-bond donors (Lipinski definition) is 1. The van der Waals surface area contributed by atoms with Crippen LogP contribution in [0.4, 0.5) is 0 Å². The zero-order valence-electron chi connectivity index (χ0n) is 11.0. The third kappa shape index (κ3) is 3.21. The van der Waals surface area contributed by atoms with E-state index in [1.54, 1.807) is 0 Å². The summed E-state index contributed by atoms with van der Waals surface area (Å²) in [7, 11) is 0. The van der Waals surface area contributed by atoms with E-state index in [2.05, 4.69) is 24.1 Å². The average Bonchev–Trinajstić information content (AvgIpc) is 2.75. The molecule has 2 heteroatoms. The van der Waals surface area contributed by atoms with E-state index >= 15 is 0 Å². The summed E-state index contributed by atoms with van der Waals surface area (Å²) in [6.07, 6.45) is 7.22. The van der Waals surface area contributed by atoms with Gasteiger partial charge < -0.3 is 10.2 Å². The second kappa shape index (κ2) is 6.02. The largest absolute Gasteiger partial charge is 0.316 e. The standard InChI is InChI=1S/C14H28N2/c1-12-10-15-8-5-9-16(11-12)13(2)14-6-3-4-7-14/h12-15H,3-11H2,1-2H3. The van der Waals surface area contributed by atoms with E-state index in [-0.39, 0.29) is 0 Å². The van der Waals surface area contributed by atoms with E-state index in [9.17, 15) is 0 Å². The van der Waals surface area contributed by atoms with E-state index in [0.717, 1.165) is 17.9 Å². The van der Waals surface area contributed by atoms with E-state index in [1.807, 2.05) is 0 Å². The lowest BCUT2D eigenvalue weighted by atomic mass is 9.96. The van der Waals surface area contributed by atoms with Crippen LogP contribution in [0.25, 0.3) is 0 Å². The molecule has 1 saturated carbocycles. The Kier molecular flexibility index (Phi) is 4.66. The highest BCUT2D eigenvalue weighted by Crippen LogP contribution is 2.30. The van der Waals surface area contributed by atoms with Crippen LogP contribution in [0.2, 0.25) is 0 Å². The SMILES string of the molecule is CC1CNCCCN(C(C)C2CCCC2)C1. The quantitative estimate of drug-likeness (QED) is 0.775. The Morgan fingerprint density at radius 2 is 1.94 bits per heavy atom. The minimum Gasteiger partial charge on any atom is -0.316 e. The van der Waals surface area contributed by atoms with Crippen molar-refractivity contribution in [1.29, 1.82) is 0 Å². The summed E-state index contributed by atoms with van der Waals surface area (Å²) >= 11 is 0. The van der Waals surface area contributed by atoms with Crippen LogP contribution in [0, 0.1) is 11.8 Å². The molecule has 0 aromatic heterocycles. The molecule has 2 unspecified atom stereocenters. The highest BCUT2D eigenvalue weighted by atomic mass is 15.2. The van der Waals surface area contributed by atoms with Gasteiger partial charge in [0.1, 0.15) is 0 Å². The van der Waals surface area contributed by atoms with Crippen molar-refractivity contribution in [2.45, 2.75) is 52.0 Å². The van der Waals surface area contributed by atoms with Crippen molar-refractivity contribution in [2.24, 2.45) is 11.8 Å². The van der Waals surface area contributed by atoms with Crippen molar-refractivity contribution in [3.8, 4) is 0 Å². The van der Waals surface area contributed by atoms with E-state index in [4.69, 9.17) is 0 Å². The van der Waals surface area contributed by atoms with Crippen LogP contribution in [0.1, 0.15) is 46.0 Å². The Morgan fingerprint density at radius 3 is 2.69 bits per heavy atom. The second-order valence-corrected chi connectivity index (χ2v) is 5.94. The van der Waals surface area contributed by atoms with Gasteiger partial charge in [0.05, 0.1) is 0 Å². The smallest absolute Gasteiger partial charge is 0.00953 e. The first-order valence-electron chi connectivity index (χ1n) is 7.22. The molecule has 2 nitrogen and oxygen atoms in total. The van der Waals surface area contributed by atoms with Gasteiger partial charge in [-0.3, -0.25) is 0 Å². The van der Waals surface area contributed by atoms with Crippen molar-refractivity contribution >= 4 is 0 Å². The Balaban J connectivity index is 1.88. The molecule has 0 spiro atoms. The summed E-state index contributed by atoms with van der Waals surface area (Å²) in [5, 5.41) is 3.54. The normalized spacial score (nSPS) is 32.2. The molecule has 1 saturated heterocycles. The van der Waals surface area contributed by atoms with E-state index < -0.39 is 0 Å². The summed E-state index contributed by atoms with van der Waals surface area (Å²) in [5.74, 6) is 1.80. The highest BCUT2D eigenvalue weighted by molar-refractivity contribution is 4.82. The number of rotatable bonds is 2. The predicted molar refractivity (Wildman–Crippen MR) is 69.6 cm³/mol. The van der Waals surface area contributed by atoms with E-state index in [0.29, 0.717) is 0 Å². The molecule has 16 heavy (non-hydrogen) atoms. The maximum Gasteiger partial charge on any atom is 0.00953 e. The third-order valence-electron chi connectivity index (χ3n) is 4.50. The fourth-order valence-corrected chi connectivity index (χ4v) is 3.42. The fraction of sp³-hybridized carbons (Fsp3) is 1.00. The first-order valence-corrected chi connectivity index (χ1v) is 7.22. The molecule has 2 aliphatic rings. The summed E-state index contributed by atoms with van der Waals surface area (Å²) in [4.78, 5) is 2.77. The maximum atomic E-state index is 3.54. The molecule has 1 heterocycles. The van der Waals surface area contributed by atoms with Crippen LogP contribution in [0.3, 0.4) is 0 Å². The molecule has 1 aliphatic heterocycles. The average molecular weight is 224 g/mol. The molecule has 0 bridgehead atoms. The van der Waals surface area contributed by atoms with Gasteiger partial charge in [0, 0.05) is 12.6 Å². The Morgan fingerprint density at radius 1 is 1.19 bits per heavy atom. The van der Waals surface area contributed by atoms with Crippen LogP contribution in [0.5, 0.6) is 0 Å². The zero-order chi connectivity index (χ0) is 11.4. The molecule has 2 atom stereocenters. The van der Waals surface area contributed by atoms with Crippen molar-refractivity contribution in [3.05, 3.63) is 0 Å². The van der Waals surface area contributed by atoms with Gasteiger partial charge in [0.25, 0.3) is 0 Å². The van der Waals surface area contributed by atoms with Crippen LogP contribution in [0.15, 0.2) is 0 Å². The van der Waals surface area contributed by atoms with Crippen molar-refractivity contribution in [1.82, 2.24) is 10.2 Å². The monoisotopic (exact) mass is 224 g/mol. The molecule has 2 fully saturated rings. The van der Waals surface area contributed by atoms with Crippen LogP contribution in [-0.2, 0) is 0 Å². The first-order chi connectivity index (χ1) is 7.77. The summed E-state index contributed by atoms with van der Waals surface area (Å²) in [5.41, 5.74) is 0. The van der Waals surface area contributed by atoms with Crippen LogP contribution in [-0.4, -0.2) is 37.1 Å². The molecule has 0 aromatic carbocycles. The molecule has 1 aliphatic carbocycles. The van der Waals surface area contributed by atoms with E-state index in [1.165, 1.54) is 58.3 Å². The van der Waals surface area contributed by atoms with Gasteiger partial charge >= 0.3 is 0 Å². The minimum atomic E-state index is 0.809. The van der Waals surface area contributed by atoms with Gasteiger partial charge in [-0.15, -0.1) is 0 Å². The van der Waals surface area contributed by atoms with Crippen molar-refractivity contribution in [2.75, 3.05) is 26.2 Å². The van der Waals surface area contributed by atoms with Crippen LogP contribution < -0.4 is 5.32 Å². The van der Waals surface area contributed by atoms with Gasteiger partial charge in [0.15, 0.2) is 0 Å². The predicted octanol–water partition coefficient (Wildman–Crippen LogP) is 2.50. The first kappa shape index (κ1) is 12.4. The maximum absolute atomic E-state index is 3.54. The van der Waals surface area contributed by atoms with Gasteiger partial charge in [0.2, 0.25) is 0 Å².